The molecular weight excluding hydrogens is 462 g/mol. The maximum atomic E-state index is 13.1. The Labute approximate surface area is 190 Å². The number of carbonyl (C=O) groups excluding carboxylic acids is 1. The van der Waals surface area contributed by atoms with Crippen LogP contribution in [0.25, 0.3) is 11.3 Å². The van der Waals surface area contributed by atoms with E-state index in [1.54, 1.807) is 18.2 Å². The first-order valence-corrected chi connectivity index (χ1v) is 10.3. The van der Waals surface area contributed by atoms with Gasteiger partial charge in [0.15, 0.2) is 5.82 Å². The highest BCUT2D eigenvalue weighted by Gasteiger charge is 2.37. The molecule has 5 nitrogen and oxygen atoms in total. The standard InChI is InChI=1S/C23H18F6N4O/c24-22(25,26)16-10-15(11-17(13-16)23(27,28)29)21(34)30-18-5-3-4-14(12-18)19-6-7-20(32-31-19)33-8-1-2-9-33/h3-7,10-13H,1-2,8-9H2,(H,30,34). The SMILES string of the molecule is O=C(Nc1cccc(-c2ccc(N3CCCC3)nn2)c1)c1cc(C(F)(F)F)cc(C(F)(F)F)c1. The maximum absolute atomic E-state index is 13.1. The van der Waals surface area contributed by atoms with Gasteiger partial charge in [0.1, 0.15) is 0 Å². The molecule has 1 aliphatic rings. The van der Waals surface area contributed by atoms with Gasteiger partial charge in [-0.3, -0.25) is 4.79 Å². The minimum atomic E-state index is -5.05. The predicted octanol–water partition coefficient (Wildman–Crippen LogP) is 6.03. The van der Waals surface area contributed by atoms with Crippen molar-refractivity contribution in [2.24, 2.45) is 0 Å². The second-order valence-corrected chi connectivity index (χ2v) is 7.80. The number of benzene rings is 2. The van der Waals surface area contributed by atoms with Crippen LogP contribution in [-0.2, 0) is 12.4 Å². The monoisotopic (exact) mass is 480 g/mol. The summed E-state index contributed by atoms with van der Waals surface area (Å²) in [6.07, 6.45) is -7.92. The van der Waals surface area contributed by atoms with Gasteiger partial charge in [0.05, 0.1) is 16.8 Å². The molecule has 0 aliphatic carbocycles. The number of anilines is 2. The summed E-state index contributed by atoms with van der Waals surface area (Å²) in [5.41, 5.74) is -2.64. The lowest BCUT2D eigenvalue weighted by molar-refractivity contribution is -0.143. The van der Waals surface area contributed by atoms with Crippen LogP contribution in [0.2, 0.25) is 0 Å². The van der Waals surface area contributed by atoms with Crippen LogP contribution in [-0.4, -0.2) is 29.2 Å². The zero-order valence-electron chi connectivity index (χ0n) is 17.5. The second-order valence-electron chi connectivity index (χ2n) is 7.80. The van der Waals surface area contributed by atoms with Crippen molar-refractivity contribution in [1.82, 2.24) is 10.2 Å². The van der Waals surface area contributed by atoms with Crippen LogP contribution in [0.4, 0.5) is 37.8 Å². The fourth-order valence-electron chi connectivity index (χ4n) is 3.64. The molecule has 1 fully saturated rings. The van der Waals surface area contributed by atoms with E-state index in [1.807, 2.05) is 6.07 Å². The lowest BCUT2D eigenvalue weighted by Gasteiger charge is -2.15. The van der Waals surface area contributed by atoms with E-state index >= 15 is 0 Å². The summed E-state index contributed by atoms with van der Waals surface area (Å²) in [5.74, 6) is -0.361. The number of alkyl halides is 6. The van der Waals surface area contributed by atoms with Crippen LogP contribution >= 0.6 is 0 Å². The van der Waals surface area contributed by atoms with Crippen molar-refractivity contribution in [2.45, 2.75) is 25.2 Å². The van der Waals surface area contributed by atoms with E-state index in [9.17, 15) is 31.1 Å². The predicted molar refractivity (Wildman–Crippen MR) is 113 cm³/mol. The van der Waals surface area contributed by atoms with Crippen LogP contribution in [0.5, 0.6) is 0 Å². The van der Waals surface area contributed by atoms with E-state index in [-0.39, 0.29) is 11.8 Å². The summed E-state index contributed by atoms with van der Waals surface area (Å²) >= 11 is 0. The molecule has 0 saturated carbocycles. The Morgan fingerprint density at radius 3 is 2.03 bits per heavy atom. The third-order valence-corrected chi connectivity index (χ3v) is 5.35. The number of nitrogens with one attached hydrogen (secondary N) is 1. The third kappa shape index (κ3) is 5.29. The average Bonchev–Trinajstić information content (AvgIpc) is 3.33. The topological polar surface area (TPSA) is 58.1 Å². The molecule has 3 aromatic rings. The molecule has 1 amide bonds. The summed E-state index contributed by atoms with van der Waals surface area (Å²) in [4.78, 5) is 14.6. The van der Waals surface area contributed by atoms with E-state index in [2.05, 4.69) is 20.4 Å². The smallest absolute Gasteiger partial charge is 0.355 e. The summed E-state index contributed by atoms with van der Waals surface area (Å²) in [5, 5.41) is 10.8. The number of nitrogens with zero attached hydrogens (tertiary/aromatic N) is 3. The Kier molecular flexibility index (Phi) is 6.20. The molecule has 1 saturated heterocycles. The molecule has 1 aliphatic heterocycles. The van der Waals surface area contributed by atoms with Gasteiger partial charge in [-0.1, -0.05) is 12.1 Å². The minimum Gasteiger partial charge on any atom is -0.355 e. The summed E-state index contributed by atoms with van der Waals surface area (Å²) in [6, 6.07) is 10.6. The normalized spacial score (nSPS) is 14.4. The van der Waals surface area contributed by atoms with Crippen molar-refractivity contribution in [3.8, 4) is 11.3 Å². The molecule has 0 radical (unpaired) electrons. The van der Waals surface area contributed by atoms with Crippen molar-refractivity contribution in [3.63, 3.8) is 0 Å². The molecule has 0 spiro atoms. The molecule has 34 heavy (non-hydrogen) atoms. The number of rotatable bonds is 4. The van der Waals surface area contributed by atoms with E-state index in [1.165, 1.54) is 12.1 Å². The van der Waals surface area contributed by atoms with Crippen molar-refractivity contribution in [1.29, 1.82) is 0 Å². The Morgan fingerprint density at radius 1 is 0.824 bits per heavy atom. The zero-order valence-corrected chi connectivity index (χ0v) is 17.5. The van der Waals surface area contributed by atoms with Crippen LogP contribution in [0.3, 0.4) is 0 Å². The van der Waals surface area contributed by atoms with Crippen molar-refractivity contribution >= 4 is 17.4 Å². The van der Waals surface area contributed by atoms with Gasteiger partial charge in [-0.2, -0.15) is 26.3 Å². The molecule has 0 unspecified atom stereocenters. The minimum absolute atomic E-state index is 0.0259. The Balaban J connectivity index is 1.57. The largest absolute Gasteiger partial charge is 0.416 e. The zero-order chi connectivity index (χ0) is 24.5. The second kappa shape index (κ2) is 8.96. The Morgan fingerprint density at radius 2 is 1.47 bits per heavy atom. The number of aromatic nitrogens is 2. The molecule has 0 atom stereocenters. The number of hydrogen-bond acceptors (Lipinski definition) is 4. The average molecular weight is 480 g/mol. The molecule has 0 bridgehead atoms. The van der Waals surface area contributed by atoms with Gasteiger partial charge in [-0.25, -0.2) is 0 Å². The van der Waals surface area contributed by atoms with Gasteiger partial charge < -0.3 is 10.2 Å². The quantitative estimate of drug-likeness (QED) is 0.463. The number of amides is 1. The van der Waals surface area contributed by atoms with Gasteiger partial charge >= 0.3 is 12.4 Å². The number of carbonyl (C=O) groups is 1. The molecule has 1 N–H and O–H groups in total. The highest BCUT2D eigenvalue weighted by atomic mass is 19.4. The van der Waals surface area contributed by atoms with Gasteiger partial charge in [-0.05, 0) is 55.3 Å². The molecule has 178 valence electrons. The first-order chi connectivity index (χ1) is 16.0. The van der Waals surface area contributed by atoms with Crippen molar-refractivity contribution < 1.29 is 31.1 Å². The van der Waals surface area contributed by atoms with Crippen molar-refractivity contribution in [3.05, 3.63) is 71.3 Å². The first kappa shape index (κ1) is 23.5. The number of halogens is 6. The van der Waals surface area contributed by atoms with Crippen LogP contribution in [0.1, 0.15) is 34.3 Å². The van der Waals surface area contributed by atoms with E-state index in [0.29, 0.717) is 23.4 Å². The Hall–Kier alpha value is -3.63. The van der Waals surface area contributed by atoms with Gasteiger partial charge in [-0.15, -0.1) is 10.2 Å². The Bertz CT molecular complexity index is 1150. The number of hydrogen-bond donors (Lipinski definition) is 1. The van der Waals surface area contributed by atoms with Crippen LogP contribution in [0, 0.1) is 0 Å². The van der Waals surface area contributed by atoms with E-state index in [4.69, 9.17) is 0 Å². The fraction of sp³-hybridized carbons (Fsp3) is 0.261. The van der Waals surface area contributed by atoms with Crippen LogP contribution in [0.15, 0.2) is 54.6 Å². The molecule has 4 rings (SSSR count). The van der Waals surface area contributed by atoms with E-state index in [0.717, 1.165) is 31.7 Å². The van der Waals surface area contributed by atoms with E-state index < -0.39 is 35.0 Å². The van der Waals surface area contributed by atoms with Gasteiger partial charge in [0.25, 0.3) is 5.91 Å². The molecule has 11 heteroatoms. The molecule has 2 heterocycles. The lowest BCUT2D eigenvalue weighted by Crippen LogP contribution is -2.19. The molecule has 2 aromatic carbocycles. The highest BCUT2D eigenvalue weighted by molar-refractivity contribution is 6.04. The lowest BCUT2D eigenvalue weighted by atomic mass is 10.0. The maximum Gasteiger partial charge on any atom is 0.416 e. The first-order valence-electron chi connectivity index (χ1n) is 10.3. The summed E-state index contributed by atoms with van der Waals surface area (Å²) < 4.78 is 78.5. The van der Waals surface area contributed by atoms with Crippen LogP contribution < -0.4 is 10.2 Å². The van der Waals surface area contributed by atoms with Crippen molar-refractivity contribution in [2.75, 3.05) is 23.3 Å². The third-order valence-electron chi connectivity index (χ3n) is 5.35. The summed E-state index contributed by atoms with van der Waals surface area (Å²) in [7, 11) is 0. The molecular formula is C23H18F6N4O. The van der Waals surface area contributed by atoms with Gasteiger partial charge in [0.2, 0.25) is 0 Å². The fourth-order valence-corrected chi connectivity index (χ4v) is 3.64. The molecule has 1 aromatic heterocycles. The summed E-state index contributed by atoms with van der Waals surface area (Å²) in [6.45, 7) is 1.81. The van der Waals surface area contributed by atoms with Gasteiger partial charge in [0, 0.05) is 29.9 Å². The highest BCUT2D eigenvalue weighted by Crippen LogP contribution is 2.36.